The second-order valence-corrected chi connectivity index (χ2v) is 32.4. The molecule has 15 N–H and O–H groups in total. The molecule has 0 aliphatic rings. The lowest BCUT2D eigenvalue weighted by Gasteiger charge is -2.34. The molecule has 7 aromatic rings. The number of aromatic nitrogens is 5. The van der Waals surface area contributed by atoms with Crippen LogP contribution >= 0.6 is 0 Å². The zero-order valence-corrected chi connectivity index (χ0v) is 72.2. The number of likely N-dealkylation sites (N-methyl/N-ethyl adjacent to an activating group) is 3. The molecule has 12 amide bonds. The molecule has 0 unspecified atom stereocenters. The third-order valence-corrected chi connectivity index (χ3v) is 21.4. The number of halogens is 1. The molecule has 0 aliphatic carbocycles. The molecule has 4 aromatic carbocycles. The van der Waals surface area contributed by atoms with Crippen molar-refractivity contribution in [3.63, 3.8) is 0 Å². The molecule has 3 aromatic heterocycles. The number of hydrogen-bond donors (Lipinski definition) is 14. The number of carbonyl (C=O) groups is 15. The minimum absolute atomic E-state index is 0.107. The van der Waals surface area contributed by atoms with Gasteiger partial charge in [0.25, 0.3) is 0 Å². The van der Waals surface area contributed by atoms with Crippen molar-refractivity contribution >= 4 is 99.3 Å². The molecule has 36 nitrogen and oxygen atoms in total. The number of nitrogens with zero attached hydrogens (tertiary/aromatic N) is 7. The minimum Gasteiger partial charge on any atom is -0.508 e. The van der Waals surface area contributed by atoms with E-state index in [1.807, 2.05) is 6.92 Å². The highest BCUT2D eigenvalue weighted by molar-refractivity contribution is 6.01. The van der Waals surface area contributed by atoms with Crippen molar-refractivity contribution in [2.24, 2.45) is 23.0 Å². The molecular weight excluding hydrogens is 1630 g/mol. The highest BCUT2D eigenvalue weighted by Gasteiger charge is 2.42. The van der Waals surface area contributed by atoms with Crippen LogP contribution in [0.4, 0.5) is 4.39 Å². The lowest BCUT2D eigenvalue weighted by Crippen LogP contribution is -2.59. The number of Topliss-reactive ketones (excluding diaryl/α,β-unsaturated/α-hetero) is 3. The number of hydrogen-bond acceptors (Lipinski definition) is 22. The summed E-state index contributed by atoms with van der Waals surface area (Å²) in [5.41, 5.74) is 6.95. The van der Waals surface area contributed by atoms with E-state index in [4.69, 9.17) is 5.73 Å². The first-order valence-corrected chi connectivity index (χ1v) is 41.2. The zero-order valence-electron chi connectivity index (χ0n) is 72.2. The smallest absolute Gasteiger partial charge is 0.247 e. The van der Waals surface area contributed by atoms with Gasteiger partial charge in [-0.1, -0.05) is 120 Å². The van der Waals surface area contributed by atoms with Gasteiger partial charge < -0.3 is 93.2 Å². The Balaban J connectivity index is 1.17. The number of pyridine rings is 1. The molecule has 0 spiro atoms. The molecule has 37 heteroatoms. The number of aromatic amines is 1. The number of benzene rings is 4. The van der Waals surface area contributed by atoms with Crippen LogP contribution in [-0.2, 0) is 111 Å². The van der Waals surface area contributed by atoms with Crippen LogP contribution in [0.25, 0.3) is 11.0 Å². The topological polar surface area (TPSA) is 528 Å². The molecule has 3 heterocycles. The summed E-state index contributed by atoms with van der Waals surface area (Å²) >= 11 is 0. The van der Waals surface area contributed by atoms with Crippen LogP contribution in [0.1, 0.15) is 126 Å². The monoisotopic (exact) mass is 1740 g/mol. The summed E-state index contributed by atoms with van der Waals surface area (Å²) in [5.74, 6) is -16.3. The number of fused-ring (bicyclic) bond motifs is 1. The predicted octanol–water partition coefficient (Wildman–Crippen LogP) is 1.69. The number of ketones is 3. The van der Waals surface area contributed by atoms with Gasteiger partial charge >= 0.3 is 0 Å². The Kier molecular flexibility index (Phi) is 37.5. The number of carbonyl (C=O) groups excluding carboxylic acids is 15. The van der Waals surface area contributed by atoms with E-state index < -0.39 is 205 Å². The number of primary amides is 1. The highest BCUT2D eigenvalue weighted by atomic mass is 19.1. The number of amides is 12. The molecule has 0 fully saturated rings. The second kappa shape index (κ2) is 47.4. The van der Waals surface area contributed by atoms with Crippen molar-refractivity contribution in [2.45, 2.75) is 186 Å². The molecule has 0 saturated carbocycles. The number of aliphatic hydroxyl groups excluding tert-OH is 2. The summed E-state index contributed by atoms with van der Waals surface area (Å²) in [4.78, 5) is 223. The number of phenols is 2. The number of rotatable bonds is 49. The molecule has 0 bridgehead atoms. The molecule has 12 atom stereocenters. The van der Waals surface area contributed by atoms with Crippen LogP contribution < -0.4 is 48.3 Å². The number of aliphatic hydroxyl groups is 2. The van der Waals surface area contributed by atoms with E-state index in [0.29, 0.717) is 64.7 Å². The third-order valence-electron chi connectivity index (χ3n) is 21.4. The predicted molar refractivity (Wildman–Crippen MR) is 459 cm³/mol. The lowest BCUT2D eigenvalue weighted by molar-refractivity contribution is -0.147. The van der Waals surface area contributed by atoms with E-state index in [9.17, 15) is 72.8 Å². The fourth-order valence-electron chi connectivity index (χ4n) is 14.1. The molecule has 126 heavy (non-hydrogen) atoms. The van der Waals surface area contributed by atoms with Gasteiger partial charge in [0, 0.05) is 108 Å². The van der Waals surface area contributed by atoms with Crippen LogP contribution in [0.2, 0.25) is 0 Å². The Bertz CT molecular complexity index is 4980. The van der Waals surface area contributed by atoms with Crippen molar-refractivity contribution in [3.8, 4) is 11.5 Å². The van der Waals surface area contributed by atoms with E-state index in [-0.39, 0.29) is 61.5 Å². The average Bonchev–Trinajstić information content (AvgIpc) is 1.64. The molecule has 0 saturated heterocycles. The van der Waals surface area contributed by atoms with Crippen molar-refractivity contribution in [2.75, 3.05) is 47.4 Å². The van der Waals surface area contributed by atoms with Gasteiger partial charge in [-0.05, 0) is 121 Å². The number of H-pyrrole nitrogens is 1. The summed E-state index contributed by atoms with van der Waals surface area (Å²) in [5, 5.41) is 70.7. The summed E-state index contributed by atoms with van der Waals surface area (Å²) in [6.07, 6.45) is 4.76. The molecule has 7 rings (SSSR count). The first kappa shape index (κ1) is 99.7. The number of phenolic OH excluding ortho intramolecular Hbond substituents is 2. The van der Waals surface area contributed by atoms with E-state index in [0.717, 1.165) is 32.9 Å². The van der Waals surface area contributed by atoms with Crippen LogP contribution in [-0.4, -0.2) is 250 Å². The van der Waals surface area contributed by atoms with Crippen molar-refractivity contribution in [3.05, 3.63) is 186 Å². The maximum atomic E-state index is 15.6. The number of aryl methyl sites for hydroxylation is 1. The Labute approximate surface area is 728 Å². The van der Waals surface area contributed by atoms with Gasteiger partial charge in [-0.3, -0.25) is 67.1 Å². The molecule has 0 radical (unpaired) electrons. The van der Waals surface area contributed by atoms with Gasteiger partial charge in [-0.15, -0.1) is 5.10 Å². The van der Waals surface area contributed by atoms with E-state index in [1.54, 1.807) is 69.4 Å². The maximum Gasteiger partial charge on any atom is 0.247 e. The van der Waals surface area contributed by atoms with Gasteiger partial charge in [-0.25, -0.2) is 14.1 Å². The second-order valence-electron chi connectivity index (χ2n) is 32.4. The Morgan fingerprint density at radius 2 is 1.17 bits per heavy atom. The number of nitrogens with two attached hydrogens (primary N) is 1. The van der Waals surface area contributed by atoms with Crippen LogP contribution in [0.3, 0.4) is 0 Å². The molecular formula is C89H114FN17O19. The SMILES string of the molecule is C=CC(=O)NCCCc1cn(C[C@H](NC(=O)[C@H](C)CC(=O)[C@@H](NC(=O)[C@H](Cc2ccc(O)cc2)NC(=O)[C@H](CO)NC(=O)[C@H](CCC)CC(C)=O)C(C)(C)C)C(=O)N(C)[C@@H](C)C(=O)C[C@H](C(=O)N[C@@H](Cc2c[nH]c3ncccc23)C(=O)N[C@@H](Cc2ccc(O)cc2)C(=O)N(C)[C@@H](Cc2ccc(F)cc2)C(=O)N(C)CC(=O)N[C@@H](CO)C(N)=O)c2ccccc2)nn1. The van der Waals surface area contributed by atoms with E-state index in [2.05, 4.69) is 69.4 Å². The summed E-state index contributed by atoms with van der Waals surface area (Å²) in [6.45, 7) is 11.6. The first-order chi connectivity index (χ1) is 59.7. The average molecular weight is 1740 g/mol. The summed E-state index contributed by atoms with van der Waals surface area (Å²) < 4.78 is 15.7. The first-order valence-electron chi connectivity index (χ1n) is 41.2. The summed E-state index contributed by atoms with van der Waals surface area (Å²) in [6, 6.07) is 14.0. The fraction of sp³-hybridized carbons (Fsp3) is 0.438. The van der Waals surface area contributed by atoms with Gasteiger partial charge in [0.1, 0.15) is 71.0 Å². The molecule has 676 valence electrons. The normalized spacial score (nSPS) is 14.2. The van der Waals surface area contributed by atoms with Gasteiger partial charge in [0.2, 0.25) is 70.9 Å². The van der Waals surface area contributed by atoms with Crippen molar-refractivity contribution < 1.29 is 96.7 Å². The minimum atomic E-state index is -1.62. The Hall–Kier alpha value is -13.5. The lowest BCUT2D eigenvalue weighted by atomic mass is 9.81. The maximum absolute atomic E-state index is 15.6. The van der Waals surface area contributed by atoms with E-state index in [1.165, 1.54) is 120 Å². The highest BCUT2D eigenvalue weighted by Crippen LogP contribution is 2.28. The van der Waals surface area contributed by atoms with Crippen molar-refractivity contribution in [1.29, 1.82) is 0 Å². The standard InChI is InChI=1S/C89H114FN17O19/c1-12-19-58(39-52(4)110)81(119)100-71(50-109)85(123)97-66(40-54-26-32-62(111)33-27-54)84(122)101-77(89(6,7)8)74(114)38-51(3)80(118)99-69(47-107-46-61(102-103-107)22-17-36-92-75(115)13-2)87(125)105(10)53(5)73(113)44-65(57-20-15-14-16-21-57)82(120)96-67(43-59-45-94-79-64(59)23-18-37-93-79)83(121)98-68(41-55-28-34-63(112)35-29-55)86(124)106(11)72(42-56-24-30-60(90)31-25-56)88(126)104(9)48-76(116)95-70(49-108)78(91)117/h13-16,18,20-21,23-35,37,45-46,51,53,58,65-72,77,108-109,111-112H,2,12,17,19,22,36,38-44,47-50H2,1,3-11H3,(H2,91,117)(H,92,115)(H,93,94)(H,95,116)(H,96,120)(H,97,123)(H,98,121)(H,99,118)(H,100,119)(H,101,122)/t51-,53+,58-,65+,66+,67+,68+,69+,70+,71+,72+,77-/m1/s1. The van der Waals surface area contributed by atoms with Crippen LogP contribution in [0, 0.1) is 23.1 Å². The third kappa shape index (κ3) is 29.6. The van der Waals surface area contributed by atoms with Crippen LogP contribution in [0.5, 0.6) is 11.5 Å². The fourth-order valence-corrected chi connectivity index (χ4v) is 14.1. The summed E-state index contributed by atoms with van der Waals surface area (Å²) in [7, 11) is 3.79. The largest absolute Gasteiger partial charge is 0.508 e. The Morgan fingerprint density at radius 3 is 1.76 bits per heavy atom. The Morgan fingerprint density at radius 1 is 0.611 bits per heavy atom. The van der Waals surface area contributed by atoms with Crippen LogP contribution in [0.15, 0.2) is 147 Å². The van der Waals surface area contributed by atoms with Crippen molar-refractivity contribution in [1.82, 2.24) is 82.2 Å². The molecule has 0 aliphatic heterocycles. The quantitative estimate of drug-likeness (QED) is 0.0191. The zero-order chi connectivity index (χ0) is 92.8. The van der Waals surface area contributed by atoms with E-state index >= 15 is 24.0 Å². The van der Waals surface area contributed by atoms with Gasteiger partial charge in [0.15, 0.2) is 11.6 Å². The van der Waals surface area contributed by atoms with Gasteiger partial charge in [0.05, 0.1) is 50.0 Å². The number of nitrogens with one attached hydrogen (secondary N) is 9. The van der Waals surface area contributed by atoms with Gasteiger partial charge in [-0.2, -0.15) is 0 Å². The number of aromatic hydroxyl groups is 2.